The summed E-state index contributed by atoms with van der Waals surface area (Å²) in [5.74, 6) is 0.557. The molecule has 3 rings (SSSR count). The van der Waals surface area contributed by atoms with Crippen molar-refractivity contribution < 1.29 is 29.1 Å². The lowest BCUT2D eigenvalue weighted by atomic mass is 10.2. The van der Waals surface area contributed by atoms with Gasteiger partial charge in [0.2, 0.25) is 11.8 Å². The number of benzene rings is 2. The Kier molecular flexibility index (Phi) is 8.06. The number of phenolic OH excluding ortho intramolecular Hbond substituents is 1. The molecule has 2 aromatic carbocycles. The maximum absolute atomic E-state index is 12.5. The molecule has 0 aromatic heterocycles. The van der Waals surface area contributed by atoms with Gasteiger partial charge in [0.25, 0.3) is 0 Å². The number of carbonyl (C=O) groups excluding carboxylic acids is 2. The van der Waals surface area contributed by atoms with Crippen LogP contribution in [0.3, 0.4) is 0 Å². The molecule has 1 aliphatic rings. The Morgan fingerprint density at radius 3 is 2.15 bits per heavy atom. The van der Waals surface area contributed by atoms with Crippen LogP contribution in [-0.4, -0.2) is 71.0 Å². The molecule has 176 valence electrons. The second-order valence-electron chi connectivity index (χ2n) is 7.68. The molecule has 0 bridgehead atoms. The Morgan fingerprint density at radius 1 is 0.970 bits per heavy atom. The van der Waals surface area contributed by atoms with Gasteiger partial charge in [-0.3, -0.25) is 19.7 Å². The highest BCUT2D eigenvalue weighted by Gasteiger charge is 2.24. The quantitative estimate of drug-likeness (QED) is 0.453. The van der Waals surface area contributed by atoms with Crippen molar-refractivity contribution in [3.8, 4) is 17.2 Å². The maximum Gasteiger partial charge on any atom is 0.311 e. The van der Waals surface area contributed by atoms with E-state index in [2.05, 4.69) is 0 Å². The Balaban J connectivity index is 1.37. The second kappa shape index (κ2) is 11.2. The van der Waals surface area contributed by atoms with Crippen molar-refractivity contribution in [1.29, 1.82) is 0 Å². The van der Waals surface area contributed by atoms with E-state index in [4.69, 9.17) is 9.47 Å². The third-order valence-corrected chi connectivity index (χ3v) is 5.27. The molecule has 10 nitrogen and oxygen atoms in total. The van der Waals surface area contributed by atoms with Gasteiger partial charge in [-0.1, -0.05) is 12.1 Å². The molecule has 33 heavy (non-hydrogen) atoms. The number of aromatic hydroxyl groups is 1. The summed E-state index contributed by atoms with van der Waals surface area (Å²) in [5, 5.41) is 20.6. The molecule has 0 atom stereocenters. The van der Waals surface area contributed by atoms with Crippen molar-refractivity contribution in [1.82, 2.24) is 9.80 Å². The molecule has 0 unspecified atom stereocenters. The molecule has 1 fully saturated rings. The number of nitro benzene ring substituents is 1. The van der Waals surface area contributed by atoms with Crippen LogP contribution in [0, 0.1) is 17.0 Å². The predicted molar refractivity (Wildman–Crippen MR) is 119 cm³/mol. The average molecular weight is 457 g/mol. The van der Waals surface area contributed by atoms with Crippen molar-refractivity contribution in [2.75, 3.05) is 39.4 Å². The lowest BCUT2D eigenvalue weighted by Crippen LogP contribution is -2.51. The summed E-state index contributed by atoms with van der Waals surface area (Å²) < 4.78 is 11.0. The first-order chi connectivity index (χ1) is 15.8. The number of phenols is 1. The predicted octanol–water partition coefficient (Wildman–Crippen LogP) is 2.52. The van der Waals surface area contributed by atoms with Crippen LogP contribution in [-0.2, 0) is 9.59 Å². The topological polar surface area (TPSA) is 122 Å². The molecule has 0 spiro atoms. The smallest absolute Gasteiger partial charge is 0.311 e. The number of piperazine rings is 1. The number of amides is 2. The van der Waals surface area contributed by atoms with Crippen LogP contribution in [0.15, 0.2) is 42.5 Å². The molecule has 0 aliphatic carbocycles. The summed E-state index contributed by atoms with van der Waals surface area (Å²) in [6.45, 7) is 3.69. The van der Waals surface area contributed by atoms with Crippen LogP contribution < -0.4 is 9.47 Å². The van der Waals surface area contributed by atoms with Gasteiger partial charge in [0, 0.05) is 38.3 Å². The zero-order valence-corrected chi connectivity index (χ0v) is 18.4. The van der Waals surface area contributed by atoms with Gasteiger partial charge in [-0.25, -0.2) is 0 Å². The van der Waals surface area contributed by atoms with Crippen LogP contribution in [0.2, 0.25) is 0 Å². The minimum Gasteiger partial charge on any atom is -0.508 e. The zero-order chi connectivity index (χ0) is 23.8. The van der Waals surface area contributed by atoms with E-state index in [9.17, 15) is 24.8 Å². The molecule has 1 saturated heterocycles. The highest BCUT2D eigenvalue weighted by Crippen LogP contribution is 2.27. The lowest BCUT2D eigenvalue weighted by Gasteiger charge is -2.34. The largest absolute Gasteiger partial charge is 0.508 e. The highest BCUT2D eigenvalue weighted by molar-refractivity contribution is 5.78. The van der Waals surface area contributed by atoms with Crippen LogP contribution in [0.1, 0.15) is 18.4 Å². The first-order valence-electron chi connectivity index (χ1n) is 10.7. The molecule has 1 aliphatic heterocycles. The lowest BCUT2D eigenvalue weighted by molar-refractivity contribution is -0.385. The van der Waals surface area contributed by atoms with E-state index in [1.165, 1.54) is 24.3 Å². The number of nitrogens with zero attached hydrogens (tertiary/aromatic N) is 3. The van der Waals surface area contributed by atoms with Gasteiger partial charge in [0.15, 0.2) is 5.75 Å². The molecule has 2 aromatic rings. The maximum atomic E-state index is 12.5. The number of hydrogen-bond donors (Lipinski definition) is 1. The summed E-state index contributed by atoms with van der Waals surface area (Å²) >= 11 is 0. The monoisotopic (exact) mass is 457 g/mol. The molecular weight excluding hydrogens is 430 g/mol. The highest BCUT2D eigenvalue weighted by atomic mass is 16.6. The second-order valence-corrected chi connectivity index (χ2v) is 7.68. The van der Waals surface area contributed by atoms with Gasteiger partial charge >= 0.3 is 5.69 Å². The van der Waals surface area contributed by atoms with Crippen molar-refractivity contribution in [3.05, 3.63) is 58.1 Å². The van der Waals surface area contributed by atoms with E-state index >= 15 is 0 Å². The Hall–Kier alpha value is -3.82. The number of carbonyl (C=O) groups is 2. The minimum absolute atomic E-state index is 0.0360. The standard InChI is InChI=1S/C23H27N3O7/c1-17-5-6-21(20(15-17)26(30)31)33-14-8-23(29)25-11-9-24(10-12-25)22(28)7-13-32-19-4-2-3-18(27)16-19/h2-6,15-16,27H,7-14H2,1H3. The number of hydrogen-bond acceptors (Lipinski definition) is 7. The summed E-state index contributed by atoms with van der Waals surface area (Å²) in [6.07, 6.45) is 0.295. The third-order valence-electron chi connectivity index (χ3n) is 5.27. The summed E-state index contributed by atoms with van der Waals surface area (Å²) in [6, 6.07) is 11.1. The average Bonchev–Trinajstić information content (AvgIpc) is 2.80. The van der Waals surface area contributed by atoms with E-state index in [1.54, 1.807) is 34.9 Å². The molecule has 1 heterocycles. The fourth-order valence-electron chi connectivity index (χ4n) is 3.49. The SMILES string of the molecule is Cc1ccc(OCCC(=O)N2CCN(C(=O)CCOc3cccc(O)c3)CC2)c([N+](=O)[O-])c1. The van der Waals surface area contributed by atoms with Crippen LogP contribution in [0.25, 0.3) is 0 Å². The normalized spacial score (nSPS) is 13.5. The fourth-order valence-corrected chi connectivity index (χ4v) is 3.49. The van der Waals surface area contributed by atoms with Gasteiger partial charge in [-0.2, -0.15) is 0 Å². The number of nitro groups is 1. The van der Waals surface area contributed by atoms with Crippen molar-refractivity contribution >= 4 is 17.5 Å². The van der Waals surface area contributed by atoms with Crippen molar-refractivity contribution in [2.45, 2.75) is 19.8 Å². The molecule has 1 N–H and O–H groups in total. The first-order valence-corrected chi connectivity index (χ1v) is 10.7. The Bertz CT molecular complexity index is 1000. The zero-order valence-electron chi connectivity index (χ0n) is 18.4. The van der Waals surface area contributed by atoms with Gasteiger partial charge in [0.05, 0.1) is 31.0 Å². The van der Waals surface area contributed by atoms with Gasteiger partial charge in [-0.05, 0) is 30.7 Å². The van der Waals surface area contributed by atoms with E-state index in [0.29, 0.717) is 31.9 Å². The fraction of sp³-hybridized carbons (Fsp3) is 0.391. The summed E-state index contributed by atoms with van der Waals surface area (Å²) in [7, 11) is 0. The Morgan fingerprint density at radius 2 is 1.58 bits per heavy atom. The molecule has 10 heteroatoms. The minimum atomic E-state index is -0.505. The number of aryl methyl sites for hydroxylation is 1. The van der Waals surface area contributed by atoms with E-state index in [0.717, 1.165) is 5.56 Å². The van der Waals surface area contributed by atoms with Crippen LogP contribution in [0.4, 0.5) is 5.69 Å². The molecule has 2 amide bonds. The third kappa shape index (κ3) is 6.83. The molecular formula is C23H27N3O7. The summed E-state index contributed by atoms with van der Waals surface area (Å²) in [5.41, 5.74) is 0.631. The van der Waals surface area contributed by atoms with Gasteiger partial charge in [-0.15, -0.1) is 0 Å². The summed E-state index contributed by atoms with van der Waals surface area (Å²) in [4.78, 5) is 38.9. The Labute approximate surface area is 191 Å². The molecule has 0 radical (unpaired) electrons. The van der Waals surface area contributed by atoms with E-state index in [1.807, 2.05) is 0 Å². The van der Waals surface area contributed by atoms with Crippen molar-refractivity contribution in [2.24, 2.45) is 0 Å². The van der Waals surface area contributed by atoms with Crippen molar-refractivity contribution in [3.63, 3.8) is 0 Å². The first kappa shape index (κ1) is 23.8. The number of rotatable bonds is 9. The number of ether oxygens (including phenoxy) is 2. The van der Waals surface area contributed by atoms with Crippen LogP contribution >= 0.6 is 0 Å². The van der Waals surface area contributed by atoms with Gasteiger partial charge < -0.3 is 24.4 Å². The molecule has 0 saturated carbocycles. The van der Waals surface area contributed by atoms with Gasteiger partial charge in [0.1, 0.15) is 11.5 Å². The van der Waals surface area contributed by atoms with E-state index < -0.39 is 4.92 Å². The van der Waals surface area contributed by atoms with E-state index in [-0.39, 0.29) is 55.1 Å². The van der Waals surface area contributed by atoms with Crippen LogP contribution in [0.5, 0.6) is 17.2 Å².